The number of anilines is 1. The number of carbonyl (C=O) groups is 1. The molecule has 0 spiro atoms. The van der Waals surface area contributed by atoms with Crippen LogP contribution in [0.15, 0.2) is 12.7 Å². The molecule has 4 atom stereocenters. The lowest BCUT2D eigenvalue weighted by atomic mass is 10.1. The molecular formula is C16H24N5O8P. The fourth-order valence-corrected chi connectivity index (χ4v) is 3.77. The molecule has 1 aliphatic heterocycles. The maximum atomic E-state index is 11.9. The molecule has 2 aromatic heterocycles. The molecule has 14 heteroatoms. The third-order valence-electron chi connectivity index (χ3n) is 4.62. The number of phosphoric ester groups is 1. The smallest absolute Gasteiger partial charge is 0.463 e. The van der Waals surface area contributed by atoms with E-state index in [-0.39, 0.29) is 30.0 Å². The SMILES string of the molecule is CCCCCC(=O)OC[C@H]1O[C@@H](n2cnc3c(N)ncnc32)[C@H](O)[C@@H]1OP(=O)(O)O. The number of aliphatic hydroxyl groups excluding tert-OH is 1. The van der Waals surface area contributed by atoms with Crippen molar-refractivity contribution in [2.75, 3.05) is 12.3 Å². The van der Waals surface area contributed by atoms with E-state index in [1.54, 1.807) is 0 Å². The number of ether oxygens (including phenoxy) is 2. The number of hydrogen-bond acceptors (Lipinski definition) is 10. The summed E-state index contributed by atoms with van der Waals surface area (Å²) in [6, 6.07) is 0. The number of phosphoric acid groups is 1. The lowest BCUT2D eigenvalue weighted by Crippen LogP contribution is -2.36. The Morgan fingerprint density at radius 1 is 1.33 bits per heavy atom. The van der Waals surface area contributed by atoms with Crippen molar-refractivity contribution in [1.82, 2.24) is 19.5 Å². The van der Waals surface area contributed by atoms with Crippen molar-refractivity contribution in [3.8, 4) is 0 Å². The van der Waals surface area contributed by atoms with Gasteiger partial charge in [-0.15, -0.1) is 0 Å². The van der Waals surface area contributed by atoms with Gasteiger partial charge in [-0.3, -0.25) is 13.9 Å². The summed E-state index contributed by atoms with van der Waals surface area (Å²) in [4.78, 5) is 42.3. The number of nitrogen functional groups attached to an aromatic ring is 1. The number of imidazole rings is 1. The molecule has 0 aliphatic carbocycles. The van der Waals surface area contributed by atoms with Gasteiger partial charge in [-0.25, -0.2) is 19.5 Å². The number of rotatable bonds is 9. The van der Waals surface area contributed by atoms with Gasteiger partial charge in [0.2, 0.25) is 0 Å². The monoisotopic (exact) mass is 445 g/mol. The second kappa shape index (κ2) is 9.33. The minimum Gasteiger partial charge on any atom is -0.463 e. The molecule has 2 aromatic rings. The first-order chi connectivity index (χ1) is 14.2. The fraction of sp³-hybridized carbons (Fsp3) is 0.625. The van der Waals surface area contributed by atoms with E-state index in [9.17, 15) is 24.3 Å². The number of unbranched alkanes of at least 4 members (excludes halogenated alkanes) is 2. The summed E-state index contributed by atoms with van der Waals surface area (Å²) in [5.74, 6) is -0.361. The minimum atomic E-state index is -4.97. The van der Waals surface area contributed by atoms with Gasteiger partial charge in [-0.05, 0) is 6.42 Å². The van der Waals surface area contributed by atoms with Crippen LogP contribution in [0.2, 0.25) is 0 Å². The number of fused-ring (bicyclic) bond motifs is 1. The van der Waals surface area contributed by atoms with Crippen molar-refractivity contribution >= 4 is 30.8 Å². The molecule has 0 aromatic carbocycles. The van der Waals surface area contributed by atoms with Crippen LogP contribution in [-0.4, -0.2) is 65.3 Å². The molecule has 1 aliphatic rings. The zero-order chi connectivity index (χ0) is 21.9. The van der Waals surface area contributed by atoms with Crippen molar-refractivity contribution in [3.63, 3.8) is 0 Å². The predicted molar refractivity (Wildman–Crippen MR) is 102 cm³/mol. The first kappa shape index (κ1) is 22.5. The van der Waals surface area contributed by atoms with Crippen LogP contribution in [0.4, 0.5) is 5.82 Å². The lowest BCUT2D eigenvalue weighted by molar-refractivity contribution is -0.150. The van der Waals surface area contributed by atoms with Crippen LogP contribution in [0.25, 0.3) is 11.2 Å². The van der Waals surface area contributed by atoms with Gasteiger partial charge in [-0.1, -0.05) is 19.8 Å². The summed E-state index contributed by atoms with van der Waals surface area (Å²) in [5, 5.41) is 10.7. The van der Waals surface area contributed by atoms with Gasteiger partial charge in [0.25, 0.3) is 0 Å². The number of aliphatic hydroxyl groups is 1. The lowest BCUT2D eigenvalue weighted by Gasteiger charge is -2.20. The Morgan fingerprint density at radius 3 is 2.80 bits per heavy atom. The van der Waals surface area contributed by atoms with Gasteiger partial charge >= 0.3 is 13.8 Å². The predicted octanol–water partition coefficient (Wildman–Crippen LogP) is 0.268. The molecule has 0 bridgehead atoms. The summed E-state index contributed by atoms with van der Waals surface area (Å²) in [5.41, 5.74) is 6.27. The van der Waals surface area contributed by atoms with Crippen LogP contribution in [0.1, 0.15) is 38.8 Å². The highest BCUT2D eigenvalue weighted by molar-refractivity contribution is 7.46. The second-order valence-corrected chi connectivity index (χ2v) is 8.03. The summed E-state index contributed by atoms with van der Waals surface area (Å²) < 4.78 is 28.3. The Morgan fingerprint density at radius 2 is 2.10 bits per heavy atom. The fourth-order valence-electron chi connectivity index (χ4n) is 3.20. The second-order valence-electron chi connectivity index (χ2n) is 6.84. The largest absolute Gasteiger partial charge is 0.470 e. The van der Waals surface area contributed by atoms with Crippen LogP contribution < -0.4 is 5.73 Å². The van der Waals surface area contributed by atoms with Gasteiger partial charge in [0, 0.05) is 6.42 Å². The number of nitrogens with two attached hydrogens (primary N) is 1. The van der Waals surface area contributed by atoms with Crippen LogP contribution in [0.5, 0.6) is 0 Å². The number of esters is 1. The molecular weight excluding hydrogens is 421 g/mol. The maximum Gasteiger partial charge on any atom is 0.470 e. The first-order valence-electron chi connectivity index (χ1n) is 9.37. The van der Waals surface area contributed by atoms with E-state index in [1.807, 2.05) is 6.92 Å². The Hall–Kier alpha value is -2.15. The number of nitrogens with zero attached hydrogens (tertiary/aromatic N) is 4. The summed E-state index contributed by atoms with van der Waals surface area (Å²) in [6.07, 6.45) is -0.0837. The maximum absolute atomic E-state index is 11.9. The van der Waals surface area contributed by atoms with Gasteiger partial charge in [0.05, 0.1) is 6.33 Å². The number of hydrogen-bond donors (Lipinski definition) is 4. The van der Waals surface area contributed by atoms with E-state index in [0.29, 0.717) is 6.42 Å². The molecule has 1 saturated heterocycles. The van der Waals surface area contributed by atoms with Crippen LogP contribution in [0.3, 0.4) is 0 Å². The first-order valence-corrected chi connectivity index (χ1v) is 10.9. The van der Waals surface area contributed by atoms with E-state index in [2.05, 4.69) is 15.0 Å². The van der Waals surface area contributed by atoms with Crippen molar-refractivity contribution < 1.29 is 38.3 Å². The highest BCUT2D eigenvalue weighted by Crippen LogP contribution is 2.44. The van der Waals surface area contributed by atoms with Crippen molar-refractivity contribution in [1.29, 1.82) is 0 Å². The topological polar surface area (TPSA) is 192 Å². The molecule has 3 rings (SSSR count). The number of aromatic nitrogens is 4. The molecule has 1 fully saturated rings. The minimum absolute atomic E-state index is 0.117. The van der Waals surface area contributed by atoms with E-state index < -0.39 is 38.3 Å². The standard InChI is InChI=1S/C16H24N5O8P/c1-2-3-4-5-10(22)27-6-9-13(29-30(24,25)26)12(23)16(28-9)21-8-20-11-14(17)18-7-19-15(11)21/h7-9,12-13,16,23H,2-6H2,1H3,(H2,17,18,19)(H2,24,25,26)/t9-,12-,13-,16-/m1/s1. The number of carbonyl (C=O) groups excluding carboxylic acids is 1. The average molecular weight is 445 g/mol. The molecule has 30 heavy (non-hydrogen) atoms. The third kappa shape index (κ3) is 5.12. The normalized spacial score (nSPS) is 24.4. The van der Waals surface area contributed by atoms with Gasteiger partial charge in [-0.2, -0.15) is 0 Å². The molecule has 166 valence electrons. The Balaban J connectivity index is 1.78. The third-order valence-corrected chi connectivity index (χ3v) is 5.14. The van der Waals surface area contributed by atoms with Gasteiger partial charge in [0.1, 0.15) is 36.8 Å². The highest BCUT2D eigenvalue weighted by atomic mass is 31.2. The molecule has 13 nitrogen and oxygen atoms in total. The van der Waals surface area contributed by atoms with Crippen LogP contribution in [0, 0.1) is 0 Å². The average Bonchev–Trinajstić information content (AvgIpc) is 3.22. The molecule has 5 N–H and O–H groups in total. The Kier molecular flexibility index (Phi) is 7.01. The highest BCUT2D eigenvalue weighted by Gasteiger charge is 2.49. The summed E-state index contributed by atoms with van der Waals surface area (Å²) in [7, 11) is -4.97. The summed E-state index contributed by atoms with van der Waals surface area (Å²) in [6.45, 7) is 1.65. The molecule has 0 amide bonds. The van der Waals surface area contributed by atoms with Gasteiger partial charge < -0.3 is 30.1 Å². The van der Waals surface area contributed by atoms with Gasteiger partial charge in [0.15, 0.2) is 17.7 Å². The Bertz CT molecular complexity index is 933. The molecule has 0 saturated carbocycles. The molecule has 3 heterocycles. The zero-order valence-corrected chi connectivity index (χ0v) is 17.1. The molecule has 0 unspecified atom stereocenters. The van der Waals surface area contributed by atoms with E-state index in [1.165, 1.54) is 17.2 Å². The van der Waals surface area contributed by atoms with Crippen molar-refractivity contribution in [2.45, 2.75) is 57.1 Å². The van der Waals surface area contributed by atoms with E-state index in [4.69, 9.17) is 19.7 Å². The quantitative estimate of drug-likeness (QED) is 0.234. The van der Waals surface area contributed by atoms with E-state index >= 15 is 0 Å². The Labute approximate surface area is 171 Å². The van der Waals surface area contributed by atoms with E-state index in [0.717, 1.165) is 12.8 Å². The summed E-state index contributed by atoms with van der Waals surface area (Å²) >= 11 is 0. The van der Waals surface area contributed by atoms with Crippen LogP contribution in [-0.2, 0) is 23.4 Å². The van der Waals surface area contributed by atoms with Crippen LogP contribution >= 0.6 is 7.82 Å². The zero-order valence-electron chi connectivity index (χ0n) is 16.2. The molecule has 0 radical (unpaired) electrons. The van der Waals surface area contributed by atoms with Crippen molar-refractivity contribution in [2.24, 2.45) is 0 Å². The van der Waals surface area contributed by atoms with Crippen molar-refractivity contribution in [3.05, 3.63) is 12.7 Å².